The number of hydrogen-bond acceptors (Lipinski definition) is 0. The third kappa shape index (κ3) is 8.31. The lowest BCUT2D eigenvalue weighted by molar-refractivity contribution is 1.32. The van der Waals surface area contributed by atoms with E-state index in [0.29, 0.717) is 0 Å². The molecule has 0 bridgehead atoms. The van der Waals surface area contributed by atoms with Crippen LogP contribution in [0.1, 0.15) is 43.9 Å². The minimum atomic E-state index is 0.818. The van der Waals surface area contributed by atoms with E-state index < -0.39 is 0 Å². The zero-order chi connectivity index (χ0) is 30.6. The van der Waals surface area contributed by atoms with Gasteiger partial charge in [-0.05, 0) is 94.5 Å². The molecule has 0 nitrogen and oxygen atoms in total. The predicted molar refractivity (Wildman–Crippen MR) is 195 cm³/mol. The normalized spacial score (nSPS) is 14.6. The summed E-state index contributed by atoms with van der Waals surface area (Å²) in [6.45, 7) is 14.9. The molecular weight excluding hydrogens is 584 g/mol. The highest BCUT2D eigenvalue weighted by Crippen LogP contribution is 2.41. The summed E-state index contributed by atoms with van der Waals surface area (Å²) in [4.78, 5) is 0. The zero-order valence-electron chi connectivity index (χ0n) is 25.4. The fourth-order valence-corrected chi connectivity index (χ4v) is 5.33. The number of rotatable bonds is 10. The number of halogens is 1. The van der Waals surface area contributed by atoms with Crippen molar-refractivity contribution >= 4 is 33.2 Å². The predicted octanol–water partition coefficient (Wildman–Crippen LogP) is 12.7. The van der Waals surface area contributed by atoms with E-state index in [4.69, 9.17) is 0 Å². The second-order valence-corrected chi connectivity index (χ2v) is 11.5. The molecule has 0 atom stereocenters. The molecule has 3 aromatic rings. The number of benzene rings is 3. The smallest absolute Gasteiger partial charge is 0.0103 e. The molecule has 0 spiro atoms. The van der Waals surface area contributed by atoms with E-state index in [2.05, 4.69) is 164 Å². The zero-order valence-corrected chi connectivity index (χ0v) is 26.9. The van der Waals surface area contributed by atoms with Crippen molar-refractivity contribution in [2.75, 3.05) is 0 Å². The number of hydrogen-bond donors (Lipinski definition) is 0. The van der Waals surface area contributed by atoms with E-state index in [1.54, 1.807) is 0 Å². The molecule has 0 fully saturated rings. The molecule has 0 unspecified atom stereocenters. The van der Waals surface area contributed by atoms with E-state index >= 15 is 0 Å². The molecule has 3 aromatic carbocycles. The van der Waals surface area contributed by atoms with Crippen LogP contribution in [0.25, 0.3) is 28.3 Å². The van der Waals surface area contributed by atoms with E-state index in [1.165, 1.54) is 33.4 Å². The first-order valence-corrected chi connectivity index (χ1v) is 15.4. The molecule has 0 saturated heterocycles. The molecule has 1 aliphatic carbocycles. The first kappa shape index (κ1) is 31.5. The minimum Gasteiger partial charge on any atom is -0.0911 e. The van der Waals surface area contributed by atoms with Crippen LogP contribution in [0.15, 0.2) is 180 Å². The molecule has 0 aliphatic heterocycles. The number of allylic oxidation sites excluding steroid dienone is 17. The molecular formula is C42H39Br. The van der Waals surface area contributed by atoms with Gasteiger partial charge in [-0.15, -0.1) is 0 Å². The van der Waals surface area contributed by atoms with E-state index in [0.717, 1.165) is 38.7 Å². The van der Waals surface area contributed by atoms with Crippen molar-refractivity contribution in [3.8, 4) is 11.1 Å². The quantitative estimate of drug-likeness (QED) is 0.197. The monoisotopic (exact) mass is 622 g/mol. The van der Waals surface area contributed by atoms with Crippen molar-refractivity contribution in [3.05, 3.63) is 196 Å². The van der Waals surface area contributed by atoms with Gasteiger partial charge < -0.3 is 0 Å². The third-order valence-electron chi connectivity index (χ3n) is 7.34. The van der Waals surface area contributed by atoms with E-state index in [1.807, 2.05) is 31.2 Å². The van der Waals surface area contributed by atoms with Gasteiger partial charge in [0.25, 0.3) is 0 Å². The van der Waals surface area contributed by atoms with Gasteiger partial charge in [-0.3, -0.25) is 0 Å². The van der Waals surface area contributed by atoms with Crippen LogP contribution < -0.4 is 0 Å². The van der Waals surface area contributed by atoms with Crippen LogP contribution in [0.2, 0.25) is 0 Å². The molecule has 214 valence electrons. The second kappa shape index (κ2) is 15.7. The Kier molecular flexibility index (Phi) is 11.5. The summed E-state index contributed by atoms with van der Waals surface area (Å²) >= 11 is 3.57. The minimum absolute atomic E-state index is 0.818. The fraction of sp³-hybridized carbons (Fsp3) is 0.0952. The van der Waals surface area contributed by atoms with Crippen molar-refractivity contribution in [3.63, 3.8) is 0 Å². The van der Waals surface area contributed by atoms with Gasteiger partial charge in [0.05, 0.1) is 0 Å². The van der Waals surface area contributed by atoms with Crippen LogP contribution in [0.5, 0.6) is 0 Å². The lowest BCUT2D eigenvalue weighted by Crippen LogP contribution is -2.01. The molecule has 1 aliphatic rings. The Morgan fingerprint density at radius 3 is 2.26 bits per heavy atom. The Balaban J connectivity index is 2.06. The molecule has 0 aromatic heterocycles. The van der Waals surface area contributed by atoms with Gasteiger partial charge in [0.2, 0.25) is 0 Å². The first-order valence-electron chi connectivity index (χ1n) is 14.6. The van der Waals surface area contributed by atoms with Crippen molar-refractivity contribution in [2.45, 2.75) is 27.2 Å². The average molecular weight is 624 g/mol. The highest BCUT2D eigenvalue weighted by atomic mass is 79.9. The Hall–Kier alpha value is -4.46. The van der Waals surface area contributed by atoms with Gasteiger partial charge in [0, 0.05) is 4.48 Å². The van der Waals surface area contributed by atoms with Gasteiger partial charge in [0.15, 0.2) is 0 Å². The summed E-state index contributed by atoms with van der Waals surface area (Å²) in [6.07, 6.45) is 24.5. The SMILES string of the molecule is C=C(Br)\C=C/C(C(/C)=C/c1ccccc1C(=C)/C=C\C=C/C)=C(/C1=CC=CCC=C1C)c1ccccc1-c1ccccc1. The lowest BCUT2D eigenvalue weighted by atomic mass is 9.82. The molecule has 43 heavy (non-hydrogen) atoms. The van der Waals surface area contributed by atoms with Crippen LogP contribution >= 0.6 is 15.9 Å². The largest absolute Gasteiger partial charge is 0.0911 e. The maximum absolute atomic E-state index is 4.37. The summed E-state index contributed by atoms with van der Waals surface area (Å²) in [7, 11) is 0. The van der Waals surface area contributed by atoms with Crippen LogP contribution in [0, 0.1) is 0 Å². The van der Waals surface area contributed by atoms with E-state index in [-0.39, 0.29) is 0 Å². The Labute approximate surface area is 266 Å². The van der Waals surface area contributed by atoms with Gasteiger partial charge in [-0.1, -0.05) is 169 Å². The molecule has 0 heterocycles. The van der Waals surface area contributed by atoms with Crippen molar-refractivity contribution < 1.29 is 0 Å². The summed E-state index contributed by atoms with van der Waals surface area (Å²) in [5.74, 6) is 0. The molecule has 4 rings (SSSR count). The molecule has 0 N–H and O–H groups in total. The average Bonchev–Trinajstić information content (AvgIpc) is 3.23. The van der Waals surface area contributed by atoms with Crippen molar-refractivity contribution in [1.82, 2.24) is 0 Å². The van der Waals surface area contributed by atoms with Crippen LogP contribution in [-0.2, 0) is 0 Å². The Morgan fingerprint density at radius 1 is 0.814 bits per heavy atom. The topological polar surface area (TPSA) is 0 Å². The van der Waals surface area contributed by atoms with Crippen LogP contribution in [0.3, 0.4) is 0 Å². The van der Waals surface area contributed by atoms with Gasteiger partial charge >= 0.3 is 0 Å². The Morgan fingerprint density at radius 2 is 1.51 bits per heavy atom. The van der Waals surface area contributed by atoms with Crippen molar-refractivity contribution in [2.24, 2.45) is 0 Å². The highest BCUT2D eigenvalue weighted by molar-refractivity contribution is 9.11. The molecule has 0 radical (unpaired) electrons. The van der Waals surface area contributed by atoms with Crippen LogP contribution in [0.4, 0.5) is 0 Å². The van der Waals surface area contributed by atoms with E-state index in [9.17, 15) is 0 Å². The maximum atomic E-state index is 4.37. The van der Waals surface area contributed by atoms with Gasteiger partial charge in [0.1, 0.15) is 0 Å². The maximum Gasteiger partial charge on any atom is 0.0103 e. The van der Waals surface area contributed by atoms with Gasteiger partial charge in [-0.2, -0.15) is 0 Å². The highest BCUT2D eigenvalue weighted by Gasteiger charge is 2.20. The fourth-order valence-electron chi connectivity index (χ4n) is 5.20. The van der Waals surface area contributed by atoms with Crippen LogP contribution in [-0.4, -0.2) is 0 Å². The summed E-state index contributed by atoms with van der Waals surface area (Å²) in [6, 6.07) is 27.8. The Bertz CT molecular complexity index is 1730. The summed E-state index contributed by atoms with van der Waals surface area (Å²) in [5.41, 5.74) is 12.7. The molecule has 1 heteroatoms. The summed E-state index contributed by atoms with van der Waals surface area (Å²) < 4.78 is 0.818. The second-order valence-electron chi connectivity index (χ2n) is 10.4. The molecule has 0 saturated carbocycles. The third-order valence-corrected chi connectivity index (χ3v) is 7.60. The first-order chi connectivity index (χ1) is 20.9. The summed E-state index contributed by atoms with van der Waals surface area (Å²) in [5, 5.41) is 0. The lowest BCUT2D eigenvalue weighted by Gasteiger charge is -2.21. The standard InChI is InChI=1S/C42H39Br/c1-6-7-10-19-31(2)37-24-16-15-23-36(37)30-33(4)39(29-28-34(5)43)42(38-25-14-8-11-20-32(38)3)41-27-18-17-26-40(41)35-21-12-9-13-22-35/h6-10,12-30H,2,5,11H2,1,3-4H3/b7-6-,19-10-,29-28-,33-30+,42-39+. The van der Waals surface area contributed by atoms with Gasteiger partial charge in [-0.25, -0.2) is 0 Å². The van der Waals surface area contributed by atoms with Crippen molar-refractivity contribution in [1.29, 1.82) is 0 Å². The molecule has 0 amide bonds.